The van der Waals surface area contributed by atoms with Crippen LogP contribution < -0.4 is 10.9 Å². The van der Waals surface area contributed by atoms with Gasteiger partial charge in [0.15, 0.2) is 5.17 Å². The second kappa shape index (κ2) is 7.70. The Morgan fingerprint density at radius 3 is 3.08 bits per heavy atom. The smallest absolute Gasteiger partial charge is 0.259 e. The quantitative estimate of drug-likeness (QED) is 0.645. The molecule has 2 N–H and O–H groups in total. The number of thiophene rings is 1. The lowest BCUT2D eigenvalue weighted by Crippen LogP contribution is -2.21. The highest BCUT2D eigenvalue weighted by Gasteiger charge is 2.23. The van der Waals surface area contributed by atoms with Crippen molar-refractivity contribution < 1.29 is 0 Å². The molecule has 0 fully saturated rings. The van der Waals surface area contributed by atoms with Gasteiger partial charge >= 0.3 is 0 Å². The van der Waals surface area contributed by atoms with Crippen molar-refractivity contribution in [3.63, 3.8) is 0 Å². The van der Waals surface area contributed by atoms with Gasteiger partial charge in [-0.15, -0.1) is 11.3 Å². The molecule has 1 aliphatic carbocycles. The highest BCUT2D eigenvalue weighted by molar-refractivity contribution is 8.13. The summed E-state index contributed by atoms with van der Waals surface area (Å²) < 4.78 is 0. The summed E-state index contributed by atoms with van der Waals surface area (Å²) in [5.41, 5.74) is 1.25. The minimum Gasteiger partial charge on any atom is -0.365 e. The van der Waals surface area contributed by atoms with E-state index in [9.17, 15) is 4.79 Å². The molecule has 5 nitrogen and oxygen atoms in total. The van der Waals surface area contributed by atoms with E-state index in [4.69, 9.17) is 4.98 Å². The molecule has 0 bridgehead atoms. The van der Waals surface area contributed by atoms with Gasteiger partial charge < -0.3 is 10.3 Å². The molecule has 24 heavy (non-hydrogen) atoms. The topological polar surface area (TPSA) is 70.1 Å². The molecule has 0 unspecified atom stereocenters. The van der Waals surface area contributed by atoms with Gasteiger partial charge in [-0.2, -0.15) is 0 Å². The van der Waals surface area contributed by atoms with Crippen molar-refractivity contribution in [2.24, 2.45) is 10.9 Å². The Hall–Kier alpha value is -1.34. The van der Waals surface area contributed by atoms with Crippen LogP contribution in [0, 0.1) is 5.92 Å². The third kappa shape index (κ3) is 3.67. The van der Waals surface area contributed by atoms with Gasteiger partial charge in [-0.3, -0.25) is 9.79 Å². The Balaban J connectivity index is 1.86. The number of aromatic amines is 1. The van der Waals surface area contributed by atoms with Crippen molar-refractivity contribution >= 4 is 38.5 Å². The summed E-state index contributed by atoms with van der Waals surface area (Å²) in [6.45, 7) is 7.93. The van der Waals surface area contributed by atoms with E-state index in [0.717, 1.165) is 53.6 Å². The molecule has 0 aliphatic heterocycles. The molecule has 1 atom stereocenters. The fourth-order valence-corrected chi connectivity index (χ4v) is 5.33. The second-order valence-corrected chi connectivity index (χ2v) is 8.19. The van der Waals surface area contributed by atoms with Crippen molar-refractivity contribution in [3.05, 3.63) is 26.6 Å². The van der Waals surface area contributed by atoms with Crippen LogP contribution in [0.1, 0.15) is 43.5 Å². The maximum atomic E-state index is 12.6. The van der Waals surface area contributed by atoms with Crippen molar-refractivity contribution in [3.8, 4) is 0 Å². The van der Waals surface area contributed by atoms with Crippen molar-refractivity contribution in [2.45, 2.75) is 45.8 Å². The Morgan fingerprint density at radius 1 is 1.50 bits per heavy atom. The van der Waals surface area contributed by atoms with E-state index in [2.05, 4.69) is 29.1 Å². The van der Waals surface area contributed by atoms with Crippen LogP contribution in [-0.4, -0.2) is 28.2 Å². The Kier molecular flexibility index (Phi) is 5.61. The number of thioether (sulfide) groups is 1. The van der Waals surface area contributed by atoms with Crippen LogP contribution in [0.25, 0.3) is 10.2 Å². The van der Waals surface area contributed by atoms with Gasteiger partial charge in [-0.25, -0.2) is 4.98 Å². The van der Waals surface area contributed by atoms with E-state index in [1.807, 2.05) is 6.92 Å². The first-order chi connectivity index (χ1) is 11.6. The van der Waals surface area contributed by atoms with Crippen molar-refractivity contribution in [1.82, 2.24) is 15.3 Å². The number of rotatable bonds is 4. The zero-order valence-corrected chi connectivity index (χ0v) is 16.1. The van der Waals surface area contributed by atoms with Gasteiger partial charge in [0.05, 0.1) is 11.1 Å². The third-order valence-electron chi connectivity index (χ3n) is 4.19. The van der Waals surface area contributed by atoms with Crippen LogP contribution in [0.4, 0.5) is 0 Å². The molecule has 2 aromatic heterocycles. The number of H-pyrrole nitrogens is 1. The standard InChI is InChI=1S/C17H24N4OS2/c1-4-18-17(19-5-2)23-9-13-20-15(22)14-11-7-6-10(3)8-12(11)24-16(14)21-13/h10H,4-9H2,1-3H3,(H,18,19)(H,20,21,22)/t10-/m1/s1. The maximum Gasteiger partial charge on any atom is 0.259 e. The number of amidine groups is 1. The molecule has 0 saturated carbocycles. The number of hydrogen-bond donors (Lipinski definition) is 2. The summed E-state index contributed by atoms with van der Waals surface area (Å²) >= 11 is 3.29. The Morgan fingerprint density at radius 2 is 2.33 bits per heavy atom. The molecule has 7 heteroatoms. The van der Waals surface area contributed by atoms with Crippen LogP contribution in [0.2, 0.25) is 0 Å². The molecule has 0 spiro atoms. The largest absolute Gasteiger partial charge is 0.365 e. The normalized spacial score (nSPS) is 18.0. The van der Waals surface area contributed by atoms with E-state index in [1.165, 1.54) is 10.4 Å². The summed E-state index contributed by atoms with van der Waals surface area (Å²) in [7, 11) is 0. The average molecular weight is 365 g/mol. The highest BCUT2D eigenvalue weighted by Crippen LogP contribution is 2.35. The number of aromatic nitrogens is 2. The summed E-state index contributed by atoms with van der Waals surface area (Å²) in [5.74, 6) is 2.05. The lowest BCUT2D eigenvalue weighted by Gasteiger charge is -2.17. The highest BCUT2D eigenvalue weighted by atomic mass is 32.2. The van der Waals surface area contributed by atoms with Gasteiger partial charge in [0.1, 0.15) is 10.7 Å². The minimum atomic E-state index is 0.0140. The van der Waals surface area contributed by atoms with Gasteiger partial charge in [-0.1, -0.05) is 18.7 Å². The molecule has 2 aromatic rings. The molecule has 0 saturated heterocycles. The van der Waals surface area contributed by atoms with Crippen LogP contribution in [0.3, 0.4) is 0 Å². The first kappa shape index (κ1) is 17.5. The number of aryl methyl sites for hydroxylation is 1. The number of fused-ring (bicyclic) bond motifs is 3. The second-order valence-electron chi connectivity index (χ2n) is 6.14. The zero-order chi connectivity index (χ0) is 17.1. The molecule has 1 aliphatic rings. The van der Waals surface area contributed by atoms with E-state index in [0.29, 0.717) is 11.7 Å². The van der Waals surface area contributed by atoms with Crippen LogP contribution in [0.15, 0.2) is 9.79 Å². The van der Waals surface area contributed by atoms with Crippen LogP contribution in [0.5, 0.6) is 0 Å². The van der Waals surface area contributed by atoms with E-state index >= 15 is 0 Å². The van der Waals surface area contributed by atoms with E-state index in [-0.39, 0.29) is 5.56 Å². The fraction of sp³-hybridized carbons (Fsp3) is 0.588. The number of nitrogens with one attached hydrogen (secondary N) is 2. The first-order valence-corrected chi connectivity index (χ1v) is 10.4. The van der Waals surface area contributed by atoms with Crippen molar-refractivity contribution in [2.75, 3.05) is 13.1 Å². The molecule has 130 valence electrons. The molecular weight excluding hydrogens is 340 g/mol. The lowest BCUT2D eigenvalue weighted by molar-refractivity contribution is 0.509. The molecular formula is C17H24N4OS2. The molecule has 0 radical (unpaired) electrons. The number of nitrogens with zero attached hydrogens (tertiary/aromatic N) is 2. The van der Waals surface area contributed by atoms with E-state index < -0.39 is 0 Å². The summed E-state index contributed by atoms with van der Waals surface area (Å²) in [6, 6.07) is 0. The summed E-state index contributed by atoms with van der Waals surface area (Å²) in [6.07, 6.45) is 3.24. The van der Waals surface area contributed by atoms with Gasteiger partial charge in [0.2, 0.25) is 0 Å². The van der Waals surface area contributed by atoms with Crippen LogP contribution in [-0.2, 0) is 18.6 Å². The summed E-state index contributed by atoms with van der Waals surface area (Å²) in [5, 5.41) is 4.97. The monoisotopic (exact) mass is 364 g/mol. The maximum absolute atomic E-state index is 12.6. The Labute approximate surface area is 150 Å². The number of hydrogen-bond acceptors (Lipinski definition) is 5. The SMILES string of the molecule is CCN=C(NCC)SCc1nc2sc3c(c2c(=O)[nH]1)CC[C@@H](C)C3. The average Bonchev–Trinajstić information content (AvgIpc) is 2.90. The molecule has 2 heterocycles. The summed E-state index contributed by atoms with van der Waals surface area (Å²) in [4.78, 5) is 26.9. The molecule has 3 rings (SSSR count). The lowest BCUT2D eigenvalue weighted by atomic mass is 9.89. The molecule has 0 amide bonds. The fourth-order valence-electron chi connectivity index (χ4n) is 3.05. The number of aliphatic imine (C=N–C) groups is 1. The predicted molar refractivity (Wildman–Crippen MR) is 104 cm³/mol. The third-order valence-corrected chi connectivity index (χ3v) is 6.30. The van der Waals surface area contributed by atoms with Gasteiger partial charge in [0.25, 0.3) is 5.56 Å². The predicted octanol–water partition coefficient (Wildman–Crippen LogP) is 3.33. The Bertz CT molecular complexity index is 809. The van der Waals surface area contributed by atoms with Gasteiger partial charge in [0, 0.05) is 18.0 Å². The van der Waals surface area contributed by atoms with E-state index in [1.54, 1.807) is 23.1 Å². The van der Waals surface area contributed by atoms with Crippen LogP contribution >= 0.6 is 23.1 Å². The van der Waals surface area contributed by atoms with Crippen molar-refractivity contribution in [1.29, 1.82) is 0 Å². The first-order valence-electron chi connectivity index (χ1n) is 8.56. The minimum absolute atomic E-state index is 0.0140. The zero-order valence-electron chi connectivity index (χ0n) is 14.4. The van der Waals surface area contributed by atoms with Gasteiger partial charge in [-0.05, 0) is 44.6 Å². The molecule has 0 aromatic carbocycles.